The van der Waals surface area contributed by atoms with Crippen LogP contribution in [0.2, 0.25) is 0 Å². The number of ether oxygens (including phenoxy) is 1. The lowest BCUT2D eigenvalue weighted by Crippen LogP contribution is -2.40. The number of aromatic nitrogens is 2. The van der Waals surface area contributed by atoms with Gasteiger partial charge in [-0.3, -0.25) is 4.79 Å². The molecule has 0 unspecified atom stereocenters. The zero-order valence-corrected chi connectivity index (χ0v) is 17.3. The van der Waals surface area contributed by atoms with E-state index in [1.54, 1.807) is 7.11 Å². The number of likely N-dealkylation sites (tertiary alicyclic amines) is 1. The molecule has 2 aromatic carbocycles. The number of hydrogen-bond acceptors (Lipinski definition) is 5. The fourth-order valence-electron chi connectivity index (χ4n) is 4.01. The summed E-state index contributed by atoms with van der Waals surface area (Å²) in [5, 5.41) is 4.04. The van der Waals surface area contributed by atoms with E-state index in [-0.39, 0.29) is 5.91 Å². The molecule has 2 heterocycles. The van der Waals surface area contributed by atoms with Crippen molar-refractivity contribution >= 4 is 5.91 Å². The number of hydrogen-bond donors (Lipinski definition) is 0. The van der Waals surface area contributed by atoms with Gasteiger partial charge in [-0.05, 0) is 42.9 Å². The third-order valence-corrected chi connectivity index (χ3v) is 5.59. The lowest BCUT2D eigenvalue weighted by atomic mass is 9.91. The number of carbonyl (C=O) groups is 1. The predicted molar refractivity (Wildman–Crippen MR) is 114 cm³/mol. The van der Waals surface area contributed by atoms with Crippen molar-refractivity contribution in [1.82, 2.24) is 15.0 Å². The smallest absolute Gasteiger partial charge is 0.227 e. The molecule has 6 nitrogen and oxygen atoms in total. The van der Waals surface area contributed by atoms with Crippen LogP contribution in [0.15, 0.2) is 59.1 Å². The highest BCUT2D eigenvalue weighted by Gasteiger charge is 2.24. The SMILES string of the molecule is COc1cccc(-c2noc(CCC(=O)N3CCC[C@@H](Cc4ccccc4)C3)n2)c1. The molecule has 1 saturated heterocycles. The van der Waals surface area contributed by atoms with Gasteiger partial charge in [0.05, 0.1) is 7.11 Å². The highest BCUT2D eigenvalue weighted by molar-refractivity contribution is 5.76. The summed E-state index contributed by atoms with van der Waals surface area (Å²) in [6.07, 6.45) is 4.10. The third-order valence-electron chi connectivity index (χ3n) is 5.59. The van der Waals surface area contributed by atoms with Crippen LogP contribution in [0, 0.1) is 5.92 Å². The maximum Gasteiger partial charge on any atom is 0.227 e. The van der Waals surface area contributed by atoms with Crippen molar-refractivity contribution < 1.29 is 14.1 Å². The van der Waals surface area contributed by atoms with Gasteiger partial charge in [-0.1, -0.05) is 47.6 Å². The van der Waals surface area contributed by atoms with Crippen molar-refractivity contribution in [2.24, 2.45) is 5.92 Å². The first-order valence-corrected chi connectivity index (χ1v) is 10.5. The standard InChI is InChI=1S/C24H27N3O3/c1-29-21-11-5-10-20(16-21)24-25-22(30-26-24)12-13-23(28)27-14-6-9-19(17-27)15-18-7-3-2-4-8-18/h2-5,7-8,10-11,16,19H,6,9,12-15,17H2,1H3/t19-/m0/s1. The Labute approximate surface area is 176 Å². The van der Waals surface area contributed by atoms with Crippen molar-refractivity contribution in [2.75, 3.05) is 20.2 Å². The van der Waals surface area contributed by atoms with Gasteiger partial charge in [-0.2, -0.15) is 4.98 Å². The van der Waals surface area contributed by atoms with E-state index >= 15 is 0 Å². The van der Waals surface area contributed by atoms with E-state index in [1.165, 1.54) is 12.0 Å². The van der Waals surface area contributed by atoms with E-state index in [9.17, 15) is 4.79 Å². The van der Waals surface area contributed by atoms with E-state index < -0.39 is 0 Å². The minimum absolute atomic E-state index is 0.161. The topological polar surface area (TPSA) is 68.5 Å². The number of amides is 1. The quantitative estimate of drug-likeness (QED) is 0.590. The average Bonchev–Trinajstić information content (AvgIpc) is 3.27. The highest BCUT2D eigenvalue weighted by Crippen LogP contribution is 2.23. The van der Waals surface area contributed by atoms with Gasteiger partial charge in [-0.15, -0.1) is 0 Å². The molecule has 1 aliphatic rings. The van der Waals surface area contributed by atoms with Crippen molar-refractivity contribution in [2.45, 2.75) is 32.1 Å². The summed E-state index contributed by atoms with van der Waals surface area (Å²) >= 11 is 0. The first-order chi connectivity index (χ1) is 14.7. The number of carbonyl (C=O) groups excluding carboxylic acids is 1. The molecule has 1 fully saturated rings. The number of nitrogens with zero attached hydrogens (tertiary/aromatic N) is 3. The summed E-state index contributed by atoms with van der Waals surface area (Å²) in [6.45, 7) is 1.66. The van der Waals surface area contributed by atoms with E-state index in [2.05, 4.69) is 34.4 Å². The molecule has 0 spiro atoms. The van der Waals surface area contributed by atoms with Crippen LogP contribution in [0.3, 0.4) is 0 Å². The fraction of sp³-hybridized carbons (Fsp3) is 0.375. The lowest BCUT2D eigenvalue weighted by Gasteiger charge is -2.33. The van der Waals surface area contributed by atoms with Gasteiger partial charge in [0.1, 0.15) is 5.75 Å². The molecule has 30 heavy (non-hydrogen) atoms. The molecule has 156 valence electrons. The Hall–Kier alpha value is -3.15. The molecule has 1 aromatic heterocycles. The first-order valence-electron chi connectivity index (χ1n) is 10.5. The molecular weight excluding hydrogens is 378 g/mol. The van der Waals surface area contributed by atoms with Crippen LogP contribution in [-0.4, -0.2) is 41.1 Å². The normalized spacial score (nSPS) is 16.4. The lowest BCUT2D eigenvalue weighted by molar-refractivity contribution is -0.133. The second-order valence-electron chi connectivity index (χ2n) is 7.78. The monoisotopic (exact) mass is 405 g/mol. The second-order valence-corrected chi connectivity index (χ2v) is 7.78. The molecule has 0 radical (unpaired) electrons. The molecule has 4 rings (SSSR count). The molecule has 6 heteroatoms. The Kier molecular flexibility index (Phi) is 6.42. The van der Waals surface area contributed by atoms with E-state index in [1.807, 2.05) is 35.2 Å². The third kappa shape index (κ3) is 5.06. The molecule has 1 amide bonds. The Morgan fingerprint density at radius 2 is 2.07 bits per heavy atom. The number of methoxy groups -OCH3 is 1. The van der Waals surface area contributed by atoms with Crippen molar-refractivity contribution in [3.63, 3.8) is 0 Å². The summed E-state index contributed by atoms with van der Waals surface area (Å²) in [5.74, 6) is 2.42. The molecule has 0 saturated carbocycles. The molecule has 0 N–H and O–H groups in total. The van der Waals surface area contributed by atoms with Gasteiger partial charge in [0.25, 0.3) is 0 Å². The van der Waals surface area contributed by atoms with Gasteiger partial charge in [0.2, 0.25) is 17.6 Å². The molecule has 3 aromatic rings. The zero-order chi connectivity index (χ0) is 20.8. The van der Waals surface area contributed by atoms with Gasteiger partial charge >= 0.3 is 0 Å². The number of benzene rings is 2. The second kappa shape index (κ2) is 9.57. The maximum absolute atomic E-state index is 12.7. The molecule has 0 bridgehead atoms. The minimum Gasteiger partial charge on any atom is -0.497 e. The van der Waals surface area contributed by atoms with Crippen LogP contribution in [0.5, 0.6) is 5.75 Å². The van der Waals surface area contributed by atoms with E-state index in [4.69, 9.17) is 9.26 Å². The predicted octanol–water partition coefficient (Wildman–Crippen LogP) is 4.16. The van der Waals surface area contributed by atoms with Crippen LogP contribution in [0.4, 0.5) is 0 Å². The van der Waals surface area contributed by atoms with Crippen molar-refractivity contribution in [3.8, 4) is 17.1 Å². The van der Waals surface area contributed by atoms with Gasteiger partial charge in [0, 0.05) is 31.5 Å². The number of aryl methyl sites for hydroxylation is 1. The fourth-order valence-corrected chi connectivity index (χ4v) is 4.01. The first kappa shape index (κ1) is 20.1. The van der Waals surface area contributed by atoms with Crippen LogP contribution in [0.1, 0.15) is 30.7 Å². The molecule has 0 aliphatic carbocycles. The Bertz CT molecular complexity index is 971. The average molecular weight is 405 g/mol. The van der Waals surface area contributed by atoms with Crippen LogP contribution in [-0.2, 0) is 17.6 Å². The highest BCUT2D eigenvalue weighted by atomic mass is 16.5. The number of rotatable bonds is 7. The Balaban J connectivity index is 1.30. The Morgan fingerprint density at radius 3 is 2.90 bits per heavy atom. The Morgan fingerprint density at radius 1 is 1.20 bits per heavy atom. The number of piperidine rings is 1. The molecule has 1 aliphatic heterocycles. The summed E-state index contributed by atoms with van der Waals surface area (Å²) < 4.78 is 10.6. The molecule has 1 atom stereocenters. The largest absolute Gasteiger partial charge is 0.497 e. The van der Waals surface area contributed by atoms with E-state index in [0.717, 1.165) is 37.2 Å². The minimum atomic E-state index is 0.161. The maximum atomic E-state index is 12.7. The summed E-state index contributed by atoms with van der Waals surface area (Å²) in [5.41, 5.74) is 2.17. The van der Waals surface area contributed by atoms with E-state index in [0.29, 0.717) is 30.5 Å². The summed E-state index contributed by atoms with van der Waals surface area (Å²) in [4.78, 5) is 19.2. The summed E-state index contributed by atoms with van der Waals surface area (Å²) in [7, 11) is 1.62. The van der Waals surface area contributed by atoms with Crippen LogP contribution >= 0.6 is 0 Å². The zero-order valence-electron chi connectivity index (χ0n) is 17.3. The van der Waals surface area contributed by atoms with Gasteiger partial charge in [-0.25, -0.2) is 0 Å². The summed E-state index contributed by atoms with van der Waals surface area (Å²) in [6, 6.07) is 18.0. The van der Waals surface area contributed by atoms with Crippen LogP contribution in [0.25, 0.3) is 11.4 Å². The van der Waals surface area contributed by atoms with Crippen molar-refractivity contribution in [1.29, 1.82) is 0 Å². The van der Waals surface area contributed by atoms with Crippen molar-refractivity contribution in [3.05, 3.63) is 66.1 Å². The van der Waals surface area contributed by atoms with Gasteiger partial charge in [0.15, 0.2) is 0 Å². The van der Waals surface area contributed by atoms with Gasteiger partial charge < -0.3 is 14.2 Å². The van der Waals surface area contributed by atoms with Crippen LogP contribution < -0.4 is 4.74 Å². The molecular formula is C24H27N3O3.